The summed E-state index contributed by atoms with van der Waals surface area (Å²) < 4.78 is 13.6. The van der Waals surface area contributed by atoms with Crippen LogP contribution in [0.3, 0.4) is 0 Å². The largest absolute Gasteiger partial charge is 0.497 e. The minimum Gasteiger partial charge on any atom is -0.497 e. The van der Waals surface area contributed by atoms with Crippen LogP contribution < -0.4 is 20.1 Å². The third-order valence-electron chi connectivity index (χ3n) is 4.35. The first-order valence-corrected chi connectivity index (χ1v) is 10.0. The zero-order chi connectivity index (χ0) is 18.6. The highest BCUT2D eigenvalue weighted by Crippen LogP contribution is 2.43. The van der Waals surface area contributed by atoms with E-state index in [2.05, 4.69) is 57.6 Å². The van der Waals surface area contributed by atoms with Gasteiger partial charge in [-0.2, -0.15) is 0 Å². The quantitative estimate of drug-likeness (QED) is 0.639. The smallest absolute Gasteiger partial charge is 0.131 e. The van der Waals surface area contributed by atoms with Crippen molar-refractivity contribution in [3.63, 3.8) is 0 Å². The molecule has 0 aliphatic rings. The van der Waals surface area contributed by atoms with Gasteiger partial charge in [0.2, 0.25) is 0 Å². The van der Waals surface area contributed by atoms with Crippen LogP contribution in [0.25, 0.3) is 0 Å². The van der Waals surface area contributed by atoms with Crippen molar-refractivity contribution in [1.29, 1.82) is 0 Å². The summed E-state index contributed by atoms with van der Waals surface area (Å²) >= 11 is 0. The van der Waals surface area contributed by atoms with Gasteiger partial charge in [0.15, 0.2) is 0 Å². The Morgan fingerprint density at radius 2 is 1.58 bits per heavy atom. The van der Waals surface area contributed by atoms with Crippen molar-refractivity contribution in [2.45, 2.75) is 41.5 Å². The van der Waals surface area contributed by atoms with Gasteiger partial charge in [-0.3, -0.25) is 4.67 Å². The zero-order valence-electron chi connectivity index (χ0n) is 16.5. The van der Waals surface area contributed by atoms with Crippen LogP contribution in [0.5, 0.6) is 11.5 Å². The molecule has 26 heavy (non-hydrogen) atoms. The van der Waals surface area contributed by atoms with Crippen LogP contribution in [-0.4, -0.2) is 32.5 Å². The lowest BCUT2D eigenvalue weighted by Gasteiger charge is -2.32. The number of hydrogen-bond acceptors (Lipinski definition) is 3. The van der Waals surface area contributed by atoms with E-state index >= 15 is 0 Å². The molecule has 0 bridgehead atoms. The lowest BCUT2D eigenvalue weighted by molar-refractivity contribution is 0.396. The summed E-state index contributed by atoms with van der Waals surface area (Å²) in [5, 5.41) is 2.67. The van der Waals surface area contributed by atoms with Crippen molar-refractivity contribution in [3.05, 3.63) is 47.0 Å². The zero-order valence-corrected chi connectivity index (χ0v) is 17.4. The van der Waals surface area contributed by atoms with Gasteiger partial charge in [-0.15, -0.1) is 0 Å². The van der Waals surface area contributed by atoms with Gasteiger partial charge in [0.05, 0.1) is 14.2 Å². The first-order valence-electron chi connectivity index (χ1n) is 8.74. The molecule has 0 aromatic heterocycles. The van der Waals surface area contributed by atoms with Crippen molar-refractivity contribution < 1.29 is 9.47 Å². The maximum absolute atomic E-state index is 5.73. The molecule has 0 N–H and O–H groups in total. The minimum absolute atomic E-state index is 0. The number of benzene rings is 2. The van der Waals surface area contributed by atoms with E-state index in [4.69, 9.17) is 9.47 Å². The minimum atomic E-state index is -0.663. The number of hydrogen-bond donors (Lipinski definition) is 0. The van der Waals surface area contributed by atoms with Crippen molar-refractivity contribution in [2.24, 2.45) is 0 Å². The third-order valence-corrected chi connectivity index (χ3v) is 7.19. The van der Waals surface area contributed by atoms with E-state index in [-0.39, 0.29) is 7.43 Å². The molecule has 0 radical (unpaired) electrons. The normalized spacial score (nSPS) is 11.8. The highest BCUT2D eigenvalue weighted by atomic mass is 31.1. The van der Waals surface area contributed by atoms with E-state index in [1.807, 2.05) is 12.1 Å². The van der Waals surface area contributed by atoms with Crippen molar-refractivity contribution in [3.8, 4) is 11.5 Å². The molecule has 0 saturated carbocycles. The van der Waals surface area contributed by atoms with Gasteiger partial charge in [-0.1, -0.05) is 32.0 Å². The summed E-state index contributed by atoms with van der Waals surface area (Å²) in [5.41, 5.74) is 4.02. The maximum Gasteiger partial charge on any atom is 0.131 e. The Morgan fingerprint density at radius 3 is 2.08 bits per heavy atom. The number of rotatable bonds is 7. The molecule has 0 spiro atoms. The van der Waals surface area contributed by atoms with E-state index < -0.39 is 8.07 Å². The molecule has 0 amide bonds. The molecule has 3 nitrogen and oxygen atoms in total. The highest BCUT2D eigenvalue weighted by Gasteiger charge is 2.26. The molecule has 2 aromatic carbocycles. The van der Waals surface area contributed by atoms with Gasteiger partial charge in [0, 0.05) is 31.3 Å². The van der Waals surface area contributed by atoms with Crippen LogP contribution in [-0.2, 0) is 0 Å². The number of methoxy groups -OCH3 is 2. The Hall–Kier alpha value is -1.57. The average Bonchev–Trinajstić information content (AvgIpc) is 2.57. The molecular formula is C22H34NO2P. The standard InChI is InChI=1S/C21H30NO2P.CH4/c1-8-11-22(5)25(21-16(3)12-15(2)13-17(21)4)20-10-9-18(23-6)14-19(20)24-7;/h9-10,12-14H,8,11H2,1-7H3;1H4. The fraction of sp³-hybridized carbons (Fsp3) is 0.455. The number of ether oxygens (including phenoxy) is 2. The van der Waals surface area contributed by atoms with Gasteiger partial charge in [0.1, 0.15) is 11.5 Å². The van der Waals surface area contributed by atoms with Gasteiger partial charge < -0.3 is 9.47 Å². The van der Waals surface area contributed by atoms with E-state index in [1.165, 1.54) is 27.3 Å². The molecule has 0 aliphatic carbocycles. The third kappa shape index (κ3) is 4.78. The number of nitrogens with zero attached hydrogens (tertiary/aromatic N) is 1. The summed E-state index contributed by atoms with van der Waals surface area (Å²) in [7, 11) is 4.98. The molecule has 0 fully saturated rings. The molecule has 1 unspecified atom stereocenters. The lowest BCUT2D eigenvalue weighted by atomic mass is 10.1. The average molecular weight is 375 g/mol. The summed E-state index contributed by atoms with van der Waals surface area (Å²) in [6.45, 7) is 9.88. The van der Waals surface area contributed by atoms with Crippen LogP contribution in [0.4, 0.5) is 0 Å². The van der Waals surface area contributed by atoms with Crippen LogP contribution in [0.2, 0.25) is 0 Å². The molecule has 2 rings (SSSR count). The van der Waals surface area contributed by atoms with Crippen LogP contribution >= 0.6 is 8.07 Å². The predicted octanol–water partition coefficient (Wildman–Crippen LogP) is 4.95. The molecule has 4 heteroatoms. The Balaban J connectivity index is 0.00000338. The lowest BCUT2D eigenvalue weighted by Crippen LogP contribution is -2.29. The maximum atomic E-state index is 5.73. The number of aryl methyl sites for hydroxylation is 3. The van der Waals surface area contributed by atoms with Crippen LogP contribution in [0, 0.1) is 20.8 Å². The van der Waals surface area contributed by atoms with Crippen molar-refractivity contribution in [1.82, 2.24) is 4.67 Å². The van der Waals surface area contributed by atoms with Gasteiger partial charge in [-0.25, -0.2) is 0 Å². The summed E-state index contributed by atoms with van der Waals surface area (Å²) in [6, 6.07) is 10.8. The summed E-state index contributed by atoms with van der Waals surface area (Å²) in [4.78, 5) is 0. The molecule has 144 valence electrons. The van der Waals surface area contributed by atoms with E-state index in [9.17, 15) is 0 Å². The Bertz CT molecular complexity index is 707. The highest BCUT2D eigenvalue weighted by molar-refractivity contribution is 7.71. The fourth-order valence-corrected chi connectivity index (χ4v) is 6.09. The topological polar surface area (TPSA) is 21.7 Å². The van der Waals surface area contributed by atoms with Crippen LogP contribution in [0.1, 0.15) is 37.5 Å². The predicted molar refractivity (Wildman–Crippen MR) is 116 cm³/mol. The van der Waals surface area contributed by atoms with Crippen molar-refractivity contribution in [2.75, 3.05) is 27.8 Å². The molecule has 0 heterocycles. The molecule has 1 atom stereocenters. The monoisotopic (exact) mass is 375 g/mol. The first-order chi connectivity index (χ1) is 11.9. The Labute approximate surface area is 161 Å². The molecular weight excluding hydrogens is 341 g/mol. The fourth-order valence-electron chi connectivity index (χ4n) is 3.37. The van der Waals surface area contributed by atoms with Gasteiger partial charge >= 0.3 is 0 Å². The first kappa shape index (κ1) is 22.5. The van der Waals surface area contributed by atoms with E-state index in [0.717, 1.165) is 24.5 Å². The SMILES string of the molecule is C.CCCN(C)P(c1ccc(OC)cc1OC)c1c(C)cc(C)cc1C. The second-order valence-corrected chi connectivity index (χ2v) is 8.71. The van der Waals surface area contributed by atoms with E-state index in [0.29, 0.717) is 0 Å². The molecule has 0 aliphatic heterocycles. The Kier molecular flexibility index (Phi) is 8.59. The van der Waals surface area contributed by atoms with Crippen molar-refractivity contribution >= 4 is 18.7 Å². The Morgan fingerprint density at radius 1 is 0.962 bits per heavy atom. The summed E-state index contributed by atoms with van der Waals surface area (Å²) in [6.07, 6.45) is 1.12. The van der Waals surface area contributed by atoms with E-state index in [1.54, 1.807) is 14.2 Å². The van der Waals surface area contributed by atoms with Gasteiger partial charge in [0.25, 0.3) is 0 Å². The molecule has 0 saturated heterocycles. The van der Waals surface area contributed by atoms with Crippen LogP contribution in [0.15, 0.2) is 30.3 Å². The molecule has 2 aromatic rings. The second-order valence-electron chi connectivity index (χ2n) is 6.48. The van der Waals surface area contributed by atoms with Gasteiger partial charge in [-0.05, 0) is 57.5 Å². The summed E-state index contributed by atoms with van der Waals surface area (Å²) in [5.74, 6) is 1.72. The second kappa shape index (κ2) is 9.94.